The Morgan fingerprint density at radius 2 is 1.77 bits per heavy atom. The minimum Gasteiger partial charge on any atom is -0.361 e. The Kier molecular flexibility index (Phi) is 10.9. The molecule has 1 amide bonds. The monoisotopic (exact) mass is 402 g/mol. The van der Waals surface area contributed by atoms with Crippen molar-refractivity contribution in [3.05, 3.63) is 36.0 Å². The first-order valence-electron chi connectivity index (χ1n) is 8.74. The first-order chi connectivity index (χ1) is 11.4. The SMILES string of the molecule is CC(C)N(CCNC(=O)[C@@H](N)Cc1c[nH]c2ccccc12)C(C)C.Cl.Cl. The summed E-state index contributed by atoms with van der Waals surface area (Å²) in [5, 5.41) is 4.10. The number of nitrogens with zero attached hydrogens (tertiary/aromatic N) is 1. The van der Waals surface area contributed by atoms with Crippen LogP contribution in [0.4, 0.5) is 0 Å². The summed E-state index contributed by atoms with van der Waals surface area (Å²) in [4.78, 5) is 17.8. The zero-order valence-electron chi connectivity index (χ0n) is 16.0. The van der Waals surface area contributed by atoms with E-state index in [1.54, 1.807) is 0 Å². The van der Waals surface area contributed by atoms with Gasteiger partial charge < -0.3 is 16.0 Å². The number of hydrogen-bond acceptors (Lipinski definition) is 3. The van der Waals surface area contributed by atoms with Crippen molar-refractivity contribution in [2.45, 2.75) is 52.2 Å². The van der Waals surface area contributed by atoms with Gasteiger partial charge in [0.25, 0.3) is 0 Å². The number of benzene rings is 1. The minimum atomic E-state index is -0.532. The molecule has 1 aromatic carbocycles. The number of nitrogens with two attached hydrogens (primary N) is 1. The number of halogens is 2. The van der Waals surface area contributed by atoms with Gasteiger partial charge in [0.2, 0.25) is 5.91 Å². The van der Waals surface area contributed by atoms with Crippen LogP contribution in [-0.2, 0) is 11.2 Å². The van der Waals surface area contributed by atoms with Crippen LogP contribution in [0, 0.1) is 0 Å². The molecule has 0 fully saturated rings. The van der Waals surface area contributed by atoms with E-state index in [4.69, 9.17) is 5.73 Å². The number of aromatic amines is 1. The second kappa shape index (κ2) is 11.4. The third-order valence-electron chi connectivity index (χ3n) is 4.45. The molecule has 7 heteroatoms. The second-order valence-electron chi connectivity index (χ2n) is 6.89. The zero-order valence-corrected chi connectivity index (χ0v) is 17.6. The number of hydrogen-bond donors (Lipinski definition) is 3. The second-order valence-corrected chi connectivity index (χ2v) is 6.89. The molecule has 1 atom stereocenters. The van der Waals surface area contributed by atoms with E-state index in [0.717, 1.165) is 23.0 Å². The summed E-state index contributed by atoms with van der Waals surface area (Å²) >= 11 is 0. The lowest BCUT2D eigenvalue weighted by Crippen LogP contribution is -2.47. The van der Waals surface area contributed by atoms with Gasteiger partial charge in [0, 0.05) is 42.3 Å². The van der Waals surface area contributed by atoms with Gasteiger partial charge in [-0.3, -0.25) is 9.69 Å². The fraction of sp³-hybridized carbons (Fsp3) is 0.526. The summed E-state index contributed by atoms with van der Waals surface area (Å²) in [6, 6.07) is 8.45. The molecule has 26 heavy (non-hydrogen) atoms. The van der Waals surface area contributed by atoms with E-state index in [1.165, 1.54) is 0 Å². The first kappa shape index (κ1) is 24.7. The van der Waals surface area contributed by atoms with Crippen LogP contribution in [0.3, 0.4) is 0 Å². The van der Waals surface area contributed by atoms with E-state index in [2.05, 4.69) is 49.0 Å². The third kappa shape index (κ3) is 6.47. The van der Waals surface area contributed by atoms with Crippen LogP contribution in [0.5, 0.6) is 0 Å². The lowest BCUT2D eigenvalue weighted by molar-refractivity contribution is -0.122. The molecule has 2 rings (SSSR count). The zero-order chi connectivity index (χ0) is 17.7. The number of para-hydroxylation sites is 1. The van der Waals surface area contributed by atoms with Crippen LogP contribution >= 0.6 is 24.8 Å². The number of amides is 1. The minimum absolute atomic E-state index is 0. The summed E-state index contributed by atoms with van der Waals surface area (Å²) in [7, 11) is 0. The first-order valence-corrected chi connectivity index (χ1v) is 8.74. The Bertz CT molecular complexity index is 664. The lowest BCUT2D eigenvalue weighted by Gasteiger charge is -2.30. The molecule has 0 saturated carbocycles. The van der Waals surface area contributed by atoms with Gasteiger partial charge in [-0.25, -0.2) is 0 Å². The molecule has 1 heterocycles. The van der Waals surface area contributed by atoms with E-state index in [-0.39, 0.29) is 30.7 Å². The van der Waals surface area contributed by atoms with Crippen LogP contribution in [0.2, 0.25) is 0 Å². The molecule has 0 aliphatic carbocycles. The van der Waals surface area contributed by atoms with Crippen molar-refractivity contribution < 1.29 is 4.79 Å². The lowest BCUT2D eigenvalue weighted by atomic mass is 10.1. The highest BCUT2D eigenvalue weighted by Crippen LogP contribution is 2.18. The maximum Gasteiger partial charge on any atom is 0.237 e. The molecule has 0 spiro atoms. The summed E-state index contributed by atoms with van der Waals surface area (Å²) in [5.74, 6) is -0.0901. The number of aromatic nitrogens is 1. The van der Waals surface area contributed by atoms with Gasteiger partial charge in [0.1, 0.15) is 0 Å². The van der Waals surface area contributed by atoms with Gasteiger partial charge in [0.15, 0.2) is 0 Å². The molecule has 0 aliphatic heterocycles. The van der Waals surface area contributed by atoms with E-state index in [1.807, 2.05) is 24.4 Å². The molecule has 148 valence electrons. The van der Waals surface area contributed by atoms with E-state index < -0.39 is 6.04 Å². The van der Waals surface area contributed by atoms with Gasteiger partial charge >= 0.3 is 0 Å². The van der Waals surface area contributed by atoms with E-state index in [9.17, 15) is 4.79 Å². The van der Waals surface area contributed by atoms with Crippen molar-refractivity contribution in [2.75, 3.05) is 13.1 Å². The predicted molar refractivity (Wildman–Crippen MR) is 114 cm³/mol. The largest absolute Gasteiger partial charge is 0.361 e. The van der Waals surface area contributed by atoms with Crippen molar-refractivity contribution in [1.29, 1.82) is 0 Å². The van der Waals surface area contributed by atoms with Crippen molar-refractivity contribution in [3.8, 4) is 0 Å². The highest BCUT2D eigenvalue weighted by atomic mass is 35.5. The predicted octanol–water partition coefficient (Wildman–Crippen LogP) is 3.12. The number of carbonyl (C=O) groups excluding carboxylic acids is 1. The summed E-state index contributed by atoms with van der Waals surface area (Å²) in [6.07, 6.45) is 2.48. The highest BCUT2D eigenvalue weighted by Gasteiger charge is 2.17. The number of fused-ring (bicyclic) bond motifs is 1. The normalized spacial score (nSPS) is 12.2. The van der Waals surface area contributed by atoms with Crippen molar-refractivity contribution in [2.24, 2.45) is 5.73 Å². The van der Waals surface area contributed by atoms with Crippen LogP contribution in [0.15, 0.2) is 30.5 Å². The van der Waals surface area contributed by atoms with Gasteiger partial charge in [0.05, 0.1) is 6.04 Å². The van der Waals surface area contributed by atoms with Crippen LogP contribution < -0.4 is 11.1 Å². The average Bonchev–Trinajstić information content (AvgIpc) is 2.93. The number of rotatable bonds is 8. The molecule has 0 bridgehead atoms. The molecular formula is C19H32Cl2N4O. The standard InChI is InChI=1S/C19H30N4O.2ClH/c1-13(2)23(14(3)4)10-9-21-19(24)17(20)11-15-12-22-18-8-6-5-7-16(15)18;;/h5-8,12-14,17,22H,9-11,20H2,1-4H3,(H,21,24);2*1H/t17-;;/m0../s1. The van der Waals surface area contributed by atoms with Crippen molar-refractivity contribution >= 4 is 41.6 Å². The molecule has 0 saturated heterocycles. The Morgan fingerprint density at radius 3 is 2.38 bits per heavy atom. The van der Waals surface area contributed by atoms with E-state index in [0.29, 0.717) is 25.0 Å². The highest BCUT2D eigenvalue weighted by molar-refractivity contribution is 5.86. The number of H-pyrrole nitrogens is 1. The maximum atomic E-state index is 12.3. The van der Waals surface area contributed by atoms with Gasteiger partial charge in [-0.05, 0) is 45.7 Å². The molecule has 0 aliphatic rings. The number of carbonyl (C=O) groups is 1. The van der Waals surface area contributed by atoms with Gasteiger partial charge in [-0.1, -0.05) is 18.2 Å². The van der Waals surface area contributed by atoms with Crippen molar-refractivity contribution in [1.82, 2.24) is 15.2 Å². The fourth-order valence-corrected chi connectivity index (χ4v) is 3.18. The molecule has 1 aromatic heterocycles. The smallest absolute Gasteiger partial charge is 0.237 e. The van der Waals surface area contributed by atoms with Crippen LogP contribution in [-0.4, -0.2) is 47.0 Å². The van der Waals surface area contributed by atoms with Crippen LogP contribution in [0.25, 0.3) is 10.9 Å². The molecule has 5 nitrogen and oxygen atoms in total. The molecule has 4 N–H and O–H groups in total. The molecule has 0 radical (unpaired) electrons. The molecule has 0 unspecified atom stereocenters. The van der Waals surface area contributed by atoms with E-state index >= 15 is 0 Å². The summed E-state index contributed by atoms with van der Waals surface area (Å²) < 4.78 is 0. The number of nitrogens with one attached hydrogen (secondary N) is 2. The topological polar surface area (TPSA) is 74.2 Å². The summed E-state index contributed by atoms with van der Waals surface area (Å²) in [5.41, 5.74) is 8.25. The van der Waals surface area contributed by atoms with Crippen molar-refractivity contribution in [3.63, 3.8) is 0 Å². The quantitative estimate of drug-likeness (QED) is 0.634. The average molecular weight is 403 g/mol. The maximum absolute atomic E-state index is 12.3. The van der Waals surface area contributed by atoms with Gasteiger partial charge in [-0.2, -0.15) is 0 Å². The Morgan fingerprint density at radius 1 is 1.15 bits per heavy atom. The Hall–Kier alpha value is -1.27. The van der Waals surface area contributed by atoms with Crippen LogP contribution in [0.1, 0.15) is 33.3 Å². The summed E-state index contributed by atoms with van der Waals surface area (Å²) in [6.45, 7) is 10.1. The molecule has 2 aromatic rings. The Labute approximate surface area is 168 Å². The Balaban J connectivity index is 0.00000312. The third-order valence-corrected chi connectivity index (χ3v) is 4.45. The fourth-order valence-electron chi connectivity index (χ4n) is 3.18. The van der Waals surface area contributed by atoms with Gasteiger partial charge in [-0.15, -0.1) is 24.8 Å². The molecular weight excluding hydrogens is 371 g/mol.